The largest absolute Gasteiger partial charge is 0.497 e. The summed E-state index contributed by atoms with van der Waals surface area (Å²) in [6.07, 6.45) is 0.508. The molecule has 2 aromatic carbocycles. The molecule has 0 bridgehead atoms. The highest BCUT2D eigenvalue weighted by Crippen LogP contribution is 2.22. The number of rotatable bonds is 9. The van der Waals surface area contributed by atoms with E-state index in [1.54, 1.807) is 31.4 Å². The molecule has 11 heteroatoms. The predicted octanol–water partition coefficient (Wildman–Crippen LogP) is 2.23. The molecular formula is C22H28FN3O6S. The van der Waals surface area contributed by atoms with Gasteiger partial charge in [-0.1, -0.05) is 12.1 Å². The number of ether oxygens (including phenoxy) is 2. The average molecular weight is 482 g/mol. The number of halogens is 1. The van der Waals surface area contributed by atoms with Crippen LogP contribution in [-0.4, -0.2) is 58.1 Å². The summed E-state index contributed by atoms with van der Waals surface area (Å²) in [5.74, 6) is -0.148. The van der Waals surface area contributed by atoms with Crippen molar-refractivity contribution in [2.75, 3.05) is 25.6 Å². The number of methoxy groups -OCH3 is 1. The Morgan fingerprint density at radius 3 is 2.58 bits per heavy atom. The van der Waals surface area contributed by atoms with Crippen LogP contribution >= 0.6 is 0 Å². The van der Waals surface area contributed by atoms with Crippen molar-refractivity contribution in [1.82, 2.24) is 10.0 Å². The molecule has 2 aromatic rings. The lowest BCUT2D eigenvalue weighted by Crippen LogP contribution is -2.52. The lowest BCUT2D eigenvalue weighted by atomic mass is 9.97. The number of aliphatic hydroxyl groups is 1. The molecule has 0 saturated carbocycles. The van der Waals surface area contributed by atoms with E-state index in [4.69, 9.17) is 9.47 Å². The summed E-state index contributed by atoms with van der Waals surface area (Å²) in [7, 11) is -2.42. The smallest absolute Gasteiger partial charge is 0.319 e. The van der Waals surface area contributed by atoms with E-state index < -0.39 is 38.9 Å². The Hall–Kier alpha value is -2.73. The molecule has 0 radical (unpaired) electrons. The second-order valence-corrected chi connectivity index (χ2v) is 9.34. The first-order valence-corrected chi connectivity index (χ1v) is 12.0. The molecule has 1 heterocycles. The van der Waals surface area contributed by atoms with Gasteiger partial charge in [0, 0.05) is 12.2 Å². The van der Waals surface area contributed by atoms with Crippen molar-refractivity contribution in [1.29, 1.82) is 0 Å². The molecular weight excluding hydrogens is 453 g/mol. The zero-order valence-corrected chi connectivity index (χ0v) is 19.0. The number of carbonyl (C=O) groups excluding carboxylic acids is 1. The Bertz CT molecular complexity index is 1030. The van der Waals surface area contributed by atoms with E-state index in [0.29, 0.717) is 30.7 Å². The lowest BCUT2D eigenvalue weighted by Gasteiger charge is -2.36. The minimum Gasteiger partial charge on any atom is -0.497 e. The third-order valence-corrected chi connectivity index (χ3v) is 6.84. The standard InChI is InChI=1S/C22H28FN3O6S/c1-31-16-8-6-15(7-9-16)25-22(28)26-19-11-10-17(32-20(19)14-27)12-13-24-33(29,30)21-5-3-2-4-18(21)23/h2-9,17,19-20,24,27H,10-14H2,1H3,(H2,25,26,28)/t17-,19-,20-/m0/s1. The minimum absolute atomic E-state index is 0.0511. The number of hydrogen-bond acceptors (Lipinski definition) is 6. The molecule has 1 saturated heterocycles. The van der Waals surface area contributed by atoms with Gasteiger partial charge >= 0.3 is 6.03 Å². The average Bonchev–Trinajstić information content (AvgIpc) is 2.80. The summed E-state index contributed by atoms with van der Waals surface area (Å²) < 4.78 is 51.6. The number of hydrogen-bond donors (Lipinski definition) is 4. The van der Waals surface area contributed by atoms with E-state index >= 15 is 0 Å². The number of urea groups is 1. The molecule has 33 heavy (non-hydrogen) atoms. The number of aliphatic hydroxyl groups excluding tert-OH is 1. The van der Waals surface area contributed by atoms with E-state index in [0.717, 1.165) is 6.07 Å². The molecule has 4 N–H and O–H groups in total. The van der Waals surface area contributed by atoms with Gasteiger partial charge in [0.15, 0.2) is 0 Å². The predicted molar refractivity (Wildman–Crippen MR) is 120 cm³/mol. The maximum atomic E-state index is 13.8. The fourth-order valence-electron chi connectivity index (χ4n) is 3.61. The summed E-state index contributed by atoms with van der Waals surface area (Å²) in [5, 5.41) is 15.2. The van der Waals surface area contributed by atoms with Crippen molar-refractivity contribution in [2.45, 2.75) is 42.4 Å². The van der Waals surface area contributed by atoms with Crippen LogP contribution in [-0.2, 0) is 14.8 Å². The fourth-order valence-corrected chi connectivity index (χ4v) is 4.74. The van der Waals surface area contributed by atoms with Crippen molar-refractivity contribution >= 4 is 21.7 Å². The maximum absolute atomic E-state index is 13.8. The van der Waals surface area contributed by atoms with Gasteiger partial charge in [-0.3, -0.25) is 0 Å². The van der Waals surface area contributed by atoms with Gasteiger partial charge in [-0.25, -0.2) is 22.3 Å². The fraction of sp³-hybridized carbons (Fsp3) is 0.409. The highest BCUT2D eigenvalue weighted by atomic mass is 32.2. The van der Waals surface area contributed by atoms with Gasteiger partial charge < -0.3 is 25.2 Å². The van der Waals surface area contributed by atoms with Crippen molar-refractivity contribution in [3.8, 4) is 5.75 Å². The topological polar surface area (TPSA) is 126 Å². The third-order valence-electron chi connectivity index (χ3n) is 5.34. The summed E-state index contributed by atoms with van der Waals surface area (Å²) in [6.45, 7) is -0.250. The first-order valence-electron chi connectivity index (χ1n) is 10.5. The highest BCUT2D eigenvalue weighted by Gasteiger charge is 2.32. The molecule has 2 amide bonds. The number of sulfonamides is 1. The molecule has 3 atom stereocenters. The Morgan fingerprint density at radius 2 is 1.91 bits per heavy atom. The number of amides is 2. The monoisotopic (exact) mass is 481 g/mol. The third kappa shape index (κ3) is 6.87. The van der Waals surface area contributed by atoms with Crippen molar-refractivity contribution in [2.24, 2.45) is 0 Å². The van der Waals surface area contributed by atoms with Gasteiger partial charge in [0.1, 0.15) is 22.6 Å². The van der Waals surface area contributed by atoms with Crippen LogP contribution in [0, 0.1) is 5.82 Å². The molecule has 3 rings (SSSR count). The van der Waals surface area contributed by atoms with Gasteiger partial charge in [0.2, 0.25) is 10.0 Å². The second-order valence-electron chi connectivity index (χ2n) is 7.61. The summed E-state index contributed by atoms with van der Waals surface area (Å²) in [4.78, 5) is 11.9. The Balaban J connectivity index is 1.46. The van der Waals surface area contributed by atoms with Crippen LogP contribution in [0.1, 0.15) is 19.3 Å². The molecule has 0 aliphatic carbocycles. The van der Waals surface area contributed by atoms with E-state index in [2.05, 4.69) is 15.4 Å². The van der Waals surface area contributed by atoms with Crippen LogP contribution in [0.25, 0.3) is 0 Å². The summed E-state index contributed by atoms with van der Waals surface area (Å²) >= 11 is 0. The Labute approximate surface area is 192 Å². The van der Waals surface area contributed by atoms with Gasteiger partial charge in [0.25, 0.3) is 0 Å². The van der Waals surface area contributed by atoms with E-state index in [1.165, 1.54) is 18.2 Å². The lowest BCUT2D eigenvalue weighted by molar-refractivity contribution is -0.0884. The summed E-state index contributed by atoms with van der Waals surface area (Å²) in [5.41, 5.74) is 0.589. The van der Waals surface area contributed by atoms with Gasteiger partial charge in [-0.15, -0.1) is 0 Å². The molecule has 0 spiro atoms. The van der Waals surface area contributed by atoms with Crippen molar-refractivity contribution < 1.29 is 32.2 Å². The van der Waals surface area contributed by atoms with Crippen LogP contribution in [0.5, 0.6) is 5.75 Å². The normalized spacial score (nSPS) is 20.8. The van der Waals surface area contributed by atoms with Crippen molar-refractivity contribution in [3.63, 3.8) is 0 Å². The number of nitrogens with one attached hydrogen (secondary N) is 3. The molecule has 1 fully saturated rings. The molecule has 0 unspecified atom stereocenters. The Morgan fingerprint density at radius 1 is 1.18 bits per heavy atom. The highest BCUT2D eigenvalue weighted by molar-refractivity contribution is 7.89. The zero-order chi connectivity index (χ0) is 23.8. The minimum atomic E-state index is -3.97. The molecule has 1 aliphatic rings. The maximum Gasteiger partial charge on any atom is 0.319 e. The van der Waals surface area contributed by atoms with E-state index in [9.17, 15) is 22.7 Å². The van der Waals surface area contributed by atoms with Crippen LogP contribution in [0.4, 0.5) is 14.9 Å². The Kier molecular flexibility index (Phi) is 8.61. The number of anilines is 1. The molecule has 180 valence electrons. The van der Waals surface area contributed by atoms with Crippen LogP contribution in [0.2, 0.25) is 0 Å². The van der Waals surface area contributed by atoms with Gasteiger partial charge in [0.05, 0.1) is 25.9 Å². The summed E-state index contributed by atoms with van der Waals surface area (Å²) in [6, 6.07) is 11.2. The van der Waals surface area contributed by atoms with Crippen LogP contribution in [0.3, 0.4) is 0 Å². The first kappa shape index (κ1) is 24.9. The van der Waals surface area contributed by atoms with Gasteiger partial charge in [-0.2, -0.15) is 0 Å². The van der Waals surface area contributed by atoms with Crippen LogP contribution < -0.4 is 20.1 Å². The first-order chi connectivity index (χ1) is 15.8. The van der Waals surface area contributed by atoms with E-state index in [1.807, 2.05) is 0 Å². The SMILES string of the molecule is COc1ccc(NC(=O)N[C@H]2CC[C@@H](CCNS(=O)(=O)c3ccccc3F)O[C@H]2CO)cc1. The zero-order valence-electron chi connectivity index (χ0n) is 18.2. The number of carbonyl (C=O) groups is 1. The molecule has 9 nitrogen and oxygen atoms in total. The second kappa shape index (κ2) is 11.4. The van der Waals surface area contributed by atoms with Crippen LogP contribution in [0.15, 0.2) is 53.4 Å². The molecule has 0 aromatic heterocycles. The molecule has 1 aliphatic heterocycles. The number of benzene rings is 2. The quantitative estimate of drug-likeness (QED) is 0.435. The van der Waals surface area contributed by atoms with Crippen molar-refractivity contribution in [3.05, 3.63) is 54.3 Å². The van der Waals surface area contributed by atoms with E-state index in [-0.39, 0.29) is 19.3 Å². The van der Waals surface area contributed by atoms with Gasteiger partial charge in [-0.05, 0) is 55.7 Å².